The van der Waals surface area contributed by atoms with Gasteiger partial charge in [0, 0.05) is 24.3 Å². The first-order valence-corrected chi connectivity index (χ1v) is 6.02. The van der Waals surface area contributed by atoms with Crippen molar-refractivity contribution < 1.29 is 9.47 Å². The summed E-state index contributed by atoms with van der Waals surface area (Å²) in [5.74, 6) is 0. The molecule has 2 aliphatic heterocycles. The Morgan fingerprint density at radius 1 is 1.00 bits per heavy atom. The molecule has 3 heteroatoms. The zero-order valence-corrected chi connectivity index (χ0v) is 9.39. The van der Waals surface area contributed by atoms with Crippen molar-refractivity contribution in [2.75, 3.05) is 31.2 Å². The van der Waals surface area contributed by atoms with Gasteiger partial charge in [-0.15, -0.1) is 0 Å². The maximum absolute atomic E-state index is 5.59. The SMILES string of the molecule is c1ccc(N2CCCC2)c(C2OCCO2)c1. The first-order chi connectivity index (χ1) is 7.95. The molecule has 2 heterocycles. The van der Waals surface area contributed by atoms with Crippen LogP contribution in [0, 0.1) is 0 Å². The highest BCUT2D eigenvalue weighted by atomic mass is 16.7. The Balaban J connectivity index is 1.90. The molecule has 0 N–H and O–H groups in total. The Kier molecular flexibility index (Phi) is 2.80. The Bertz CT molecular complexity index is 320. The van der Waals surface area contributed by atoms with Crippen molar-refractivity contribution in [3.63, 3.8) is 0 Å². The van der Waals surface area contributed by atoms with Crippen LogP contribution in [0.5, 0.6) is 0 Å². The van der Waals surface area contributed by atoms with Gasteiger partial charge in [0.05, 0.1) is 13.2 Å². The Labute approximate surface area is 96.0 Å². The number of nitrogens with zero attached hydrogens (tertiary/aromatic N) is 1. The molecule has 1 aromatic carbocycles. The van der Waals surface area contributed by atoms with Crippen LogP contribution in [0.4, 0.5) is 5.69 Å². The van der Waals surface area contributed by atoms with E-state index in [9.17, 15) is 0 Å². The summed E-state index contributed by atoms with van der Waals surface area (Å²) >= 11 is 0. The number of hydrogen-bond donors (Lipinski definition) is 0. The first-order valence-electron chi connectivity index (χ1n) is 6.02. The van der Waals surface area contributed by atoms with Gasteiger partial charge in [0.25, 0.3) is 0 Å². The number of ether oxygens (including phenoxy) is 2. The van der Waals surface area contributed by atoms with Crippen molar-refractivity contribution in [1.29, 1.82) is 0 Å². The molecule has 0 bridgehead atoms. The standard InChI is InChI=1S/C13H17NO2/c1-2-6-12(14-7-3-4-8-14)11(5-1)13-15-9-10-16-13/h1-2,5-6,13H,3-4,7-10H2. The summed E-state index contributed by atoms with van der Waals surface area (Å²) in [7, 11) is 0. The molecule has 1 aromatic rings. The molecule has 0 radical (unpaired) electrons. The third kappa shape index (κ3) is 1.81. The van der Waals surface area contributed by atoms with Crippen LogP contribution in [0.2, 0.25) is 0 Å². The molecule has 2 saturated heterocycles. The Morgan fingerprint density at radius 2 is 1.69 bits per heavy atom. The summed E-state index contributed by atoms with van der Waals surface area (Å²) < 4.78 is 11.2. The van der Waals surface area contributed by atoms with E-state index in [2.05, 4.69) is 29.2 Å². The van der Waals surface area contributed by atoms with E-state index in [-0.39, 0.29) is 6.29 Å². The third-order valence-electron chi connectivity index (χ3n) is 3.26. The monoisotopic (exact) mass is 219 g/mol. The normalized spacial score (nSPS) is 21.9. The highest BCUT2D eigenvalue weighted by Gasteiger charge is 2.24. The summed E-state index contributed by atoms with van der Waals surface area (Å²) in [6.07, 6.45) is 2.43. The highest BCUT2D eigenvalue weighted by molar-refractivity contribution is 5.54. The summed E-state index contributed by atoms with van der Waals surface area (Å²) in [6.45, 7) is 3.73. The summed E-state index contributed by atoms with van der Waals surface area (Å²) in [4.78, 5) is 2.43. The van der Waals surface area contributed by atoms with Gasteiger partial charge in [-0.3, -0.25) is 0 Å². The molecule has 2 aliphatic rings. The fourth-order valence-electron chi connectivity index (χ4n) is 2.47. The van der Waals surface area contributed by atoms with Crippen LogP contribution >= 0.6 is 0 Å². The van der Waals surface area contributed by atoms with Gasteiger partial charge in [0.1, 0.15) is 0 Å². The zero-order valence-electron chi connectivity index (χ0n) is 9.39. The van der Waals surface area contributed by atoms with E-state index >= 15 is 0 Å². The molecule has 3 rings (SSSR count). The zero-order chi connectivity index (χ0) is 10.8. The molecule has 0 spiro atoms. The molecule has 16 heavy (non-hydrogen) atoms. The average molecular weight is 219 g/mol. The number of benzene rings is 1. The molecule has 3 nitrogen and oxygen atoms in total. The second kappa shape index (κ2) is 4.44. The minimum atomic E-state index is -0.156. The molecule has 2 fully saturated rings. The van der Waals surface area contributed by atoms with Gasteiger partial charge in [-0.2, -0.15) is 0 Å². The lowest BCUT2D eigenvalue weighted by Gasteiger charge is -2.23. The Hall–Kier alpha value is -1.06. The summed E-state index contributed by atoms with van der Waals surface area (Å²) in [6, 6.07) is 8.43. The summed E-state index contributed by atoms with van der Waals surface area (Å²) in [5.41, 5.74) is 2.47. The van der Waals surface area contributed by atoms with E-state index in [1.54, 1.807) is 0 Å². The lowest BCUT2D eigenvalue weighted by Crippen LogP contribution is -2.20. The summed E-state index contributed by atoms with van der Waals surface area (Å²) in [5, 5.41) is 0. The number of hydrogen-bond acceptors (Lipinski definition) is 3. The van der Waals surface area contributed by atoms with Gasteiger partial charge in [0.2, 0.25) is 0 Å². The van der Waals surface area contributed by atoms with Crippen molar-refractivity contribution in [2.45, 2.75) is 19.1 Å². The Morgan fingerprint density at radius 3 is 2.44 bits per heavy atom. The quantitative estimate of drug-likeness (QED) is 0.762. The molecule has 0 unspecified atom stereocenters. The van der Waals surface area contributed by atoms with Gasteiger partial charge in [-0.1, -0.05) is 18.2 Å². The lowest BCUT2D eigenvalue weighted by atomic mass is 10.1. The maximum Gasteiger partial charge on any atom is 0.186 e. The lowest BCUT2D eigenvalue weighted by molar-refractivity contribution is -0.0437. The van der Waals surface area contributed by atoms with Crippen LogP contribution in [-0.4, -0.2) is 26.3 Å². The van der Waals surface area contributed by atoms with E-state index in [1.807, 2.05) is 0 Å². The predicted molar refractivity (Wildman–Crippen MR) is 62.5 cm³/mol. The minimum absolute atomic E-state index is 0.156. The van der Waals surface area contributed by atoms with Crippen molar-refractivity contribution in [3.05, 3.63) is 29.8 Å². The fourth-order valence-corrected chi connectivity index (χ4v) is 2.47. The molecule has 0 amide bonds. The van der Waals surface area contributed by atoms with Crippen LogP contribution in [0.25, 0.3) is 0 Å². The van der Waals surface area contributed by atoms with Gasteiger partial charge in [-0.25, -0.2) is 0 Å². The van der Waals surface area contributed by atoms with Crippen LogP contribution < -0.4 is 4.90 Å². The number of rotatable bonds is 2. The second-order valence-corrected chi connectivity index (χ2v) is 4.33. The van der Waals surface area contributed by atoms with Crippen LogP contribution in [-0.2, 0) is 9.47 Å². The van der Waals surface area contributed by atoms with Crippen LogP contribution in [0.15, 0.2) is 24.3 Å². The van der Waals surface area contributed by atoms with E-state index < -0.39 is 0 Å². The van der Waals surface area contributed by atoms with Crippen molar-refractivity contribution in [3.8, 4) is 0 Å². The molecule has 0 aromatic heterocycles. The van der Waals surface area contributed by atoms with Crippen molar-refractivity contribution >= 4 is 5.69 Å². The van der Waals surface area contributed by atoms with E-state index in [1.165, 1.54) is 24.1 Å². The number of para-hydroxylation sites is 1. The van der Waals surface area contributed by atoms with Crippen molar-refractivity contribution in [2.24, 2.45) is 0 Å². The fraction of sp³-hybridized carbons (Fsp3) is 0.538. The van der Waals surface area contributed by atoms with E-state index in [0.717, 1.165) is 13.1 Å². The van der Waals surface area contributed by atoms with Crippen molar-refractivity contribution in [1.82, 2.24) is 0 Å². The highest BCUT2D eigenvalue weighted by Crippen LogP contribution is 2.33. The largest absolute Gasteiger partial charge is 0.371 e. The molecule has 0 atom stereocenters. The van der Waals surface area contributed by atoms with Gasteiger partial charge >= 0.3 is 0 Å². The maximum atomic E-state index is 5.59. The molecular formula is C13H17NO2. The molecule has 0 saturated carbocycles. The van der Waals surface area contributed by atoms with Gasteiger partial charge < -0.3 is 14.4 Å². The second-order valence-electron chi connectivity index (χ2n) is 4.33. The van der Waals surface area contributed by atoms with Crippen LogP contribution in [0.3, 0.4) is 0 Å². The van der Waals surface area contributed by atoms with Crippen LogP contribution in [0.1, 0.15) is 24.7 Å². The molecule has 86 valence electrons. The van der Waals surface area contributed by atoms with Gasteiger partial charge in [-0.05, 0) is 18.9 Å². The predicted octanol–water partition coefficient (Wildman–Crippen LogP) is 2.33. The van der Waals surface area contributed by atoms with E-state index in [0.29, 0.717) is 13.2 Å². The van der Waals surface area contributed by atoms with E-state index in [4.69, 9.17) is 9.47 Å². The smallest absolute Gasteiger partial charge is 0.186 e. The molecule has 0 aliphatic carbocycles. The number of anilines is 1. The topological polar surface area (TPSA) is 21.7 Å². The average Bonchev–Trinajstić information content (AvgIpc) is 3.03. The third-order valence-corrected chi connectivity index (χ3v) is 3.26. The molecular weight excluding hydrogens is 202 g/mol. The first kappa shape index (κ1) is 10.1. The minimum Gasteiger partial charge on any atom is -0.371 e. The van der Waals surface area contributed by atoms with Gasteiger partial charge in [0.15, 0.2) is 6.29 Å².